The van der Waals surface area contributed by atoms with Gasteiger partial charge in [0.05, 0.1) is 24.9 Å². The van der Waals surface area contributed by atoms with E-state index in [-0.39, 0.29) is 5.91 Å². The van der Waals surface area contributed by atoms with Crippen LogP contribution in [0.25, 0.3) is 0 Å². The summed E-state index contributed by atoms with van der Waals surface area (Å²) in [7, 11) is 1.67. The Morgan fingerprint density at radius 2 is 1.72 bits per heavy atom. The lowest BCUT2D eigenvalue weighted by Crippen LogP contribution is -2.48. The van der Waals surface area contributed by atoms with Gasteiger partial charge in [0.25, 0.3) is 5.91 Å². The third kappa shape index (κ3) is 4.54. The van der Waals surface area contributed by atoms with E-state index in [1.165, 1.54) is 0 Å². The van der Waals surface area contributed by atoms with Crippen molar-refractivity contribution in [3.8, 4) is 5.75 Å². The van der Waals surface area contributed by atoms with E-state index in [9.17, 15) is 4.79 Å². The molecule has 0 bridgehead atoms. The van der Waals surface area contributed by atoms with Crippen molar-refractivity contribution < 1.29 is 9.53 Å². The molecule has 1 fully saturated rings. The van der Waals surface area contributed by atoms with Gasteiger partial charge in [0.2, 0.25) is 0 Å². The first kappa shape index (κ1) is 19.3. The monoisotopic (exact) mass is 410 g/mol. The Labute approximate surface area is 175 Å². The van der Waals surface area contributed by atoms with Gasteiger partial charge in [-0.05, 0) is 42.0 Å². The van der Waals surface area contributed by atoms with Crippen LogP contribution in [-0.2, 0) is 6.54 Å². The minimum absolute atomic E-state index is 0.0769. The van der Waals surface area contributed by atoms with Crippen LogP contribution in [-0.4, -0.2) is 53.9 Å². The van der Waals surface area contributed by atoms with Gasteiger partial charge in [-0.1, -0.05) is 23.7 Å². The summed E-state index contributed by atoms with van der Waals surface area (Å²) in [5, 5.41) is 4.80. The predicted molar refractivity (Wildman–Crippen MR) is 114 cm³/mol. The van der Waals surface area contributed by atoms with E-state index in [0.29, 0.717) is 30.2 Å². The quantitative estimate of drug-likeness (QED) is 0.645. The van der Waals surface area contributed by atoms with Crippen molar-refractivity contribution >= 4 is 23.2 Å². The molecule has 1 saturated heterocycles. The van der Waals surface area contributed by atoms with Crippen molar-refractivity contribution in [3.05, 3.63) is 77.1 Å². The Morgan fingerprint density at radius 3 is 2.31 bits per heavy atom. The summed E-state index contributed by atoms with van der Waals surface area (Å²) >= 11 is 5.90. The maximum Gasteiger partial charge on any atom is 0.253 e. The van der Waals surface area contributed by atoms with Crippen molar-refractivity contribution in [3.63, 3.8) is 0 Å². The first-order valence-corrected chi connectivity index (χ1v) is 9.95. The van der Waals surface area contributed by atoms with Crippen molar-refractivity contribution in [1.82, 2.24) is 14.7 Å². The van der Waals surface area contributed by atoms with Crippen molar-refractivity contribution in [1.29, 1.82) is 0 Å². The van der Waals surface area contributed by atoms with Gasteiger partial charge in [0.15, 0.2) is 0 Å². The molecule has 6 nitrogen and oxygen atoms in total. The summed E-state index contributed by atoms with van der Waals surface area (Å²) in [6, 6.07) is 15.8. The highest BCUT2D eigenvalue weighted by Gasteiger charge is 2.22. The summed E-state index contributed by atoms with van der Waals surface area (Å²) in [5.41, 5.74) is 2.94. The molecule has 0 saturated carbocycles. The van der Waals surface area contributed by atoms with E-state index >= 15 is 0 Å². The highest BCUT2D eigenvalue weighted by atomic mass is 35.5. The lowest BCUT2D eigenvalue weighted by atomic mass is 10.1. The van der Waals surface area contributed by atoms with Crippen LogP contribution in [0.4, 0.5) is 5.69 Å². The first-order valence-electron chi connectivity index (χ1n) is 9.57. The van der Waals surface area contributed by atoms with Gasteiger partial charge in [0, 0.05) is 43.6 Å². The van der Waals surface area contributed by atoms with Gasteiger partial charge in [0.1, 0.15) is 5.75 Å². The van der Waals surface area contributed by atoms with E-state index in [2.05, 4.69) is 22.1 Å². The highest BCUT2D eigenvalue weighted by Crippen LogP contribution is 2.21. The zero-order valence-corrected chi connectivity index (χ0v) is 17.0. The molecule has 2 aromatic carbocycles. The molecule has 1 aliphatic rings. The van der Waals surface area contributed by atoms with E-state index < -0.39 is 0 Å². The molecule has 0 atom stereocenters. The molecule has 3 aromatic rings. The molecule has 7 heteroatoms. The molecule has 4 rings (SSSR count). The zero-order chi connectivity index (χ0) is 20.2. The normalized spacial score (nSPS) is 14.1. The molecule has 1 amide bonds. The summed E-state index contributed by atoms with van der Waals surface area (Å²) < 4.78 is 6.99. The maximum atomic E-state index is 12.9. The number of piperazine rings is 1. The van der Waals surface area contributed by atoms with Crippen LogP contribution >= 0.6 is 11.6 Å². The van der Waals surface area contributed by atoms with Crippen molar-refractivity contribution in [2.75, 3.05) is 38.2 Å². The van der Waals surface area contributed by atoms with Gasteiger partial charge < -0.3 is 14.5 Å². The van der Waals surface area contributed by atoms with E-state index in [0.717, 1.165) is 30.1 Å². The number of nitrogens with zero attached hydrogens (tertiary/aromatic N) is 4. The second-order valence-corrected chi connectivity index (χ2v) is 7.47. The number of carbonyl (C=O) groups excluding carboxylic acids is 1. The summed E-state index contributed by atoms with van der Waals surface area (Å²) in [4.78, 5) is 17.1. The Hall–Kier alpha value is -2.99. The second-order valence-electron chi connectivity index (χ2n) is 7.03. The predicted octanol–water partition coefficient (Wildman–Crippen LogP) is 3.56. The number of rotatable bonds is 5. The highest BCUT2D eigenvalue weighted by molar-refractivity contribution is 6.30. The minimum atomic E-state index is 0.0769. The van der Waals surface area contributed by atoms with Crippen LogP contribution in [0.3, 0.4) is 0 Å². The van der Waals surface area contributed by atoms with Crippen LogP contribution in [0.1, 0.15) is 15.9 Å². The van der Waals surface area contributed by atoms with Gasteiger partial charge in [-0.3, -0.25) is 9.48 Å². The number of amides is 1. The third-order valence-corrected chi connectivity index (χ3v) is 5.35. The number of hydrogen-bond donors (Lipinski definition) is 0. The van der Waals surface area contributed by atoms with Crippen LogP contribution in [0, 0.1) is 0 Å². The maximum absolute atomic E-state index is 12.9. The topological polar surface area (TPSA) is 50.6 Å². The Balaban J connectivity index is 1.34. The Bertz CT molecular complexity index is 961. The number of methoxy groups -OCH3 is 1. The molecular weight excluding hydrogens is 388 g/mol. The third-order valence-electron chi connectivity index (χ3n) is 5.15. The molecule has 0 radical (unpaired) electrons. The fourth-order valence-corrected chi connectivity index (χ4v) is 3.66. The number of anilines is 1. The Morgan fingerprint density at radius 1 is 1.03 bits per heavy atom. The van der Waals surface area contributed by atoms with E-state index in [4.69, 9.17) is 16.3 Å². The standard InChI is InChI=1S/C22H23ClN4O2/c1-29-21-8-6-20(7-9-21)25-10-12-26(13-11-25)22(28)18-4-2-17(3-5-18)15-27-16-19(23)14-24-27/h2-9,14,16H,10-13,15H2,1H3. The fraction of sp³-hybridized carbons (Fsp3) is 0.273. The van der Waals surface area contributed by atoms with Gasteiger partial charge >= 0.3 is 0 Å². The van der Waals surface area contributed by atoms with Crippen molar-refractivity contribution in [2.24, 2.45) is 0 Å². The van der Waals surface area contributed by atoms with E-state index in [1.54, 1.807) is 24.2 Å². The molecule has 1 aliphatic heterocycles. The minimum Gasteiger partial charge on any atom is -0.497 e. The molecule has 2 heterocycles. The largest absolute Gasteiger partial charge is 0.497 e. The first-order chi connectivity index (χ1) is 14.1. The number of aromatic nitrogens is 2. The number of ether oxygens (including phenoxy) is 1. The number of halogens is 1. The Kier molecular flexibility index (Phi) is 5.71. The average Bonchev–Trinajstić information content (AvgIpc) is 3.18. The summed E-state index contributed by atoms with van der Waals surface area (Å²) in [5.74, 6) is 0.926. The van der Waals surface area contributed by atoms with Crippen LogP contribution in [0.2, 0.25) is 5.02 Å². The zero-order valence-electron chi connectivity index (χ0n) is 16.3. The summed E-state index contributed by atoms with van der Waals surface area (Å²) in [6.45, 7) is 3.67. The smallest absolute Gasteiger partial charge is 0.253 e. The lowest BCUT2D eigenvalue weighted by molar-refractivity contribution is 0.0747. The molecule has 150 valence electrons. The van der Waals surface area contributed by atoms with Crippen molar-refractivity contribution in [2.45, 2.75) is 6.54 Å². The number of benzene rings is 2. The number of hydrogen-bond acceptors (Lipinski definition) is 4. The molecule has 0 N–H and O–H groups in total. The van der Waals surface area contributed by atoms with Crippen LogP contribution in [0.5, 0.6) is 5.75 Å². The summed E-state index contributed by atoms with van der Waals surface area (Å²) in [6.07, 6.45) is 3.40. The lowest BCUT2D eigenvalue weighted by Gasteiger charge is -2.36. The average molecular weight is 411 g/mol. The molecule has 0 aliphatic carbocycles. The van der Waals surface area contributed by atoms with Gasteiger partial charge in [-0.15, -0.1) is 0 Å². The fourth-order valence-electron chi connectivity index (χ4n) is 3.51. The van der Waals surface area contributed by atoms with Gasteiger partial charge in [-0.25, -0.2) is 0 Å². The molecule has 1 aromatic heterocycles. The van der Waals surface area contributed by atoms with Crippen LogP contribution < -0.4 is 9.64 Å². The molecule has 0 unspecified atom stereocenters. The molecule has 29 heavy (non-hydrogen) atoms. The molecule has 0 spiro atoms. The molecular formula is C22H23ClN4O2. The van der Waals surface area contributed by atoms with Crippen LogP contribution in [0.15, 0.2) is 60.9 Å². The van der Waals surface area contributed by atoms with Gasteiger partial charge in [-0.2, -0.15) is 5.10 Å². The second kappa shape index (κ2) is 8.57. The van der Waals surface area contributed by atoms with E-state index in [1.807, 2.05) is 41.3 Å². The SMILES string of the molecule is COc1ccc(N2CCN(C(=O)c3ccc(Cn4cc(Cl)cn4)cc3)CC2)cc1. The number of carbonyl (C=O) groups is 1.